The molecule has 0 aliphatic heterocycles. The Balaban J connectivity index is -0.00000109. The molecule has 5 heteroatoms. The minimum absolute atomic E-state index is 0. The van der Waals surface area contributed by atoms with E-state index in [0.717, 1.165) is 25.7 Å². The van der Waals surface area contributed by atoms with Crippen molar-refractivity contribution in [1.29, 1.82) is 0 Å². The van der Waals surface area contributed by atoms with Crippen molar-refractivity contribution in [3.8, 4) is 0 Å². The molecule has 0 aromatic carbocycles. The number of unbranched alkanes of at least 4 members (excludes halogenated alkanes) is 48. The van der Waals surface area contributed by atoms with Crippen molar-refractivity contribution >= 4 is 11.9 Å². The number of hydrogen-bond acceptors (Lipinski definition) is 4. The van der Waals surface area contributed by atoms with Crippen LogP contribution < -0.4 is 10.2 Å². The van der Waals surface area contributed by atoms with Gasteiger partial charge in [-0.15, -0.1) is 0 Å². The van der Waals surface area contributed by atoms with Gasteiger partial charge in [0.2, 0.25) is 0 Å². The van der Waals surface area contributed by atoms with Crippen LogP contribution in [0.4, 0.5) is 0 Å². The molecule has 0 saturated heterocycles. The number of carboxylic acids is 2. The number of hydrogen-bond donors (Lipinski definition) is 0. The van der Waals surface area contributed by atoms with Crippen LogP contribution in [0, 0.1) is 0 Å². The summed E-state index contributed by atoms with van der Waals surface area (Å²) in [5, 5.41) is 20.6. The van der Waals surface area contributed by atoms with Crippen molar-refractivity contribution in [2.24, 2.45) is 0 Å². The number of carbonyl (C=O) groups excluding carboxylic acids is 2. The molecule has 0 unspecified atom stereocenters. The first-order chi connectivity index (χ1) is 29.5. The Morgan fingerprint density at radius 3 is 0.410 bits per heavy atom. The maximum absolute atomic E-state index is 10.3. The zero-order valence-corrected chi connectivity index (χ0v) is 42.7. The number of aliphatic carboxylic acids is 2. The van der Waals surface area contributed by atoms with Crippen LogP contribution in [0.5, 0.6) is 0 Å². The zero-order chi connectivity index (χ0) is 43.9. The molecule has 61 heavy (non-hydrogen) atoms. The van der Waals surface area contributed by atoms with Crippen molar-refractivity contribution in [3.63, 3.8) is 0 Å². The van der Waals surface area contributed by atoms with E-state index in [4.69, 9.17) is 0 Å². The molecule has 4 nitrogen and oxygen atoms in total. The van der Waals surface area contributed by atoms with Crippen LogP contribution in [0.2, 0.25) is 0 Å². The van der Waals surface area contributed by atoms with Crippen LogP contribution in [0.3, 0.4) is 0 Å². The second-order valence-electron chi connectivity index (χ2n) is 19.2. The van der Waals surface area contributed by atoms with E-state index in [1.54, 1.807) is 0 Å². The molecule has 0 saturated carbocycles. The van der Waals surface area contributed by atoms with Crippen LogP contribution in [-0.2, 0) is 26.1 Å². The predicted molar refractivity (Wildman–Crippen MR) is 261 cm³/mol. The third-order valence-corrected chi connectivity index (χ3v) is 13.0. The Kier molecular flexibility index (Phi) is 65.3. The normalized spacial score (nSPS) is 11.0. The Bertz CT molecular complexity index is 725. The van der Waals surface area contributed by atoms with Gasteiger partial charge < -0.3 is 19.8 Å². The van der Waals surface area contributed by atoms with Gasteiger partial charge in [0.15, 0.2) is 0 Å². The molecule has 0 heterocycles. The summed E-state index contributed by atoms with van der Waals surface area (Å²) in [7, 11) is 0. The average molecular weight is 906 g/mol. The molecule has 0 amide bonds. The predicted octanol–water partition coefficient (Wildman–Crippen LogP) is 17.8. The molecule has 368 valence electrons. The molecular formula is C56H110NiO4. The van der Waals surface area contributed by atoms with Crippen molar-refractivity contribution in [1.82, 2.24) is 0 Å². The van der Waals surface area contributed by atoms with E-state index < -0.39 is 11.9 Å². The summed E-state index contributed by atoms with van der Waals surface area (Å²) in [5.41, 5.74) is 0. The number of rotatable bonds is 52. The van der Waals surface area contributed by atoms with Gasteiger partial charge in [-0.2, -0.15) is 0 Å². The topological polar surface area (TPSA) is 80.3 Å². The Hall–Kier alpha value is -0.566. The third kappa shape index (κ3) is 68.7. The molecule has 0 atom stereocenters. The van der Waals surface area contributed by atoms with Gasteiger partial charge in [-0.3, -0.25) is 0 Å². The van der Waals surface area contributed by atoms with E-state index in [2.05, 4.69) is 13.8 Å². The van der Waals surface area contributed by atoms with E-state index in [-0.39, 0.29) is 29.3 Å². The number of carboxylic acid groups (broad SMARTS) is 2. The van der Waals surface area contributed by atoms with Crippen molar-refractivity contribution < 1.29 is 36.3 Å². The Labute approximate surface area is 394 Å². The molecule has 0 fully saturated rings. The van der Waals surface area contributed by atoms with Gasteiger partial charge >= 0.3 is 16.5 Å². The summed E-state index contributed by atoms with van der Waals surface area (Å²) < 4.78 is 0. The average Bonchev–Trinajstić information content (AvgIpc) is 3.23. The summed E-state index contributed by atoms with van der Waals surface area (Å²) >= 11 is 0. The van der Waals surface area contributed by atoms with E-state index in [1.165, 1.54) is 295 Å². The summed E-state index contributed by atoms with van der Waals surface area (Å²) in [4.78, 5) is 20.6. The minimum Gasteiger partial charge on any atom is -0.550 e. The largest absolute Gasteiger partial charge is 2.00 e. The monoisotopic (exact) mass is 905 g/mol. The molecule has 0 N–H and O–H groups in total. The summed E-state index contributed by atoms with van der Waals surface area (Å²) in [6, 6.07) is 0. The second kappa shape index (κ2) is 61.5. The summed E-state index contributed by atoms with van der Waals surface area (Å²) in [6.45, 7) is 4.59. The number of carbonyl (C=O) groups is 2. The first-order valence-corrected chi connectivity index (χ1v) is 27.9. The fourth-order valence-corrected chi connectivity index (χ4v) is 8.82. The second-order valence-corrected chi connectivity index (χ2v) is 19.2. The Morgan fingerprint density at radius 1 is 0.213 bits per heavy atom. The molecule has 0 aromatic heterocycles. The van der Waals surface area contributed by atoms with Gasteiger partial charge in [0.1, 0.15) is 0 Å². The van der Waals surface area contributed by atoms with Crippen LogP contribution in [0.25, 0.3) is 0 Å². The van der Waals surface area contributed by atoms with Crippen molar-refractivity contribution in [2.45, 2.75) is 348 Å². The fourth-order valence-electron chi connectivity index (χ4n) is 8.82. The van der Waals surface area contributed by atoms with E-state index >= 15 is 0 Å². The summed E-state index contributed by atoms with van der Waals surface area (Å²) in [6.07, 6.45) is 69.3. The van der Waals surface area contributed by atoms with Crippen LogP contribution in [0.15, 0.2) is 0 Å². The van der Waals surface area contributed by atoms with Gasteiger partial charge in [-0.1, -0.05) is 322 Å². The molecule has 0 aliphatic rings. The molecular weight excluding hydrogens is 795 g/mol. The first-order valence-electron chi connectivity index (χ1n) is 27.9. The maximum atomic E-state index is 10.3. The minimum atomic E-state index is -0.899. The van der Waals surface area contributed by atoms with E-state index in [0.29, 0.717) is 0 Å². The standard InChI is InChI=1S/2C28H56O2.Ni/c2*1-2-3-4-5-6-7-8-9-10-11-12-13-14-15-16-17-18-19-20-21-22-23-24-25-26-27-28(29)30;/h2*2-27H2,1H3,(H,29,30);/q;;+2/p-2. The van der Waals surface area contributed by atoms with Crippen molar-refractivity contribution in [3.05, 3.63) is 0 Å². The van der Waals surface area contributed by atoms with E-state index in [9.17, 15) is 19.8 Å². The molecule has 0 aromatic rings. The summed E-state index contributed by atoms with van der Waals surface area (Å²) in [5.74, 6) is -1.80. The quantitative estimate of drug-likeness (QED) is 0.0450. The molecule has 0 radical (unpaired) electrons. The molecule has 0 spiro atoms. The van der Waals surface area contributed by atoms with Gasteiger partial charge in [-0.05, 0) is 25.7 Å². The maximum Gasteiger partial charge on any atom is 2.00 e. The molecule has 0 aliphatic carbocycles. The SMILES string of the molecule is CCCCCCCCCCCCCCCCCCCCCCCCCCCC(=O)[O-].CCCCCCCCCCCCCCCCCCCCCCCCCCCC(=O)[O-].[Ni+2]. The fraction of sp³-hybridized carbons (Fsp3) is 0.964. The van der Waals surface area contributed by atoms with Gasteiger partial charge in [0, 0.05) is 11.9 Å². The van der Waals surface area contributed by atoms with E-state index in [1.807, 2.05) is 0 Å². The zero-order valence-electron chi connectivity index (χ0n) is 41.7. The van der Waals surface area contributed by atoms with Gasteiger partial charge in [-0.25, -0.2) is 0 Å². The molecule has 0 rings (SSSR count). The van der Waals surface area contributed by atoms with Gasteiger partial charge in [0.25, 0.3) is 0 Å². The van der Waals surface area contributed by atoms with Crippen molar-refractivity contribution in [2.75, 3.05) is 0 Å². The van der Waals surface area contributed by atoms with Gasteiger partial charge in [0.05, 0.1) is 0 Å². The third-order valence-electron chi connectivity index (χ3n) is 13.0. The van der Waals surface area contributed by atoms with Crippen LogP contribution in [-0.4, -0.2) is 11.9 Å². The van der Waals surface area contributed by atoms with Crippen LogP contribution in [0.1, 0.15) is 348 Å². The Morgan fingerprint density at radius 2 is 0.311 bits per heavy atom. The first kappa shape index (κ1) is 64.7. The van der Waals surface area contributed by atoms with Crippen LogP contribution >= 0.6 is 0 Å². The molecule has 0 bridgehead atoms. The smallest absolute Gasteiger partial charge is 0.550 e.